The van der Waals surface area contributed by atoms with Gasteiger partial charge in [-0.15, -0.1) is 21.5 Å². The summed E-state index contributed by atoms with van der Waals surface area (Å²) in [6.45, 7) is 0. The average Bonchev–Trinajstić information content (AvgIpc) is 3.07. The van der Waals surface area contributed by atoms with Crippen molar-refractivity contribution in [3.8, 4) is 10.8 Å². The number of aromatic nitrogens is 2. The molecule has 19 heavy (non-hydrogen) atoms. The average molecular weight is 353 g/mol. The van der Waals surface area contributed by atoms with E-state index in [9.17, 15) is 0 Å². The van der Waals surface area contributed by atoms with Gasteiger partial charge in [0.25, 0.3) is 11.1 Å². The lowest BCUT2D eigenvalue weighted by atomic mass is 10.2. The summed E-state index contributed by atoms with van der Waals surface area (Å²) in [4.78, 5) is 1.00. The first-order valence-corrected chi connectivity index (χ1v) is 8.22. The van der Waals surface area contributed by atoms with Crippen LogP contribution in [0, 0.1) is 0 Å². The fourth-order valence-electron chi connectivity index (χ4n) is 1.54. The van der Waals surface area contributed by atoms with Gasteiger partial charge < -0.3 is 4.42 Å². The molecule has 3 aromatic rings. The van der Waals surface area contributed by atoms with E-state index in [1.54, 1.807) is 23.1 Å². The molecular weight excluding hydrogens is 344 g/mol. The van der Waals surface area contributed by atoms with Crippen molar-refractivity contribution < 1.29 is 4.42 Å². The van der Waals surface area contributed by atoms with Crippen molar-refractivity contribution in [2.24, 2.45) is 0 Å². The topological polar surface area (TPSA) is 38.9 Å². The zero-order valence-corrected chi connectivity index (χ0v) is 13.0. The van der Waals surface area contributed by atoms with Gasteiger partial charge in [-0.05, 0) is 29.1 Å². The van der Waals surface area contributed by atoms with Gasteiger partial charge in [0, 0.05) is 10.2 Å². The third-order valence-electron chi connectivity index (χ3n) is 2.39. The Morgan fingerprint density at radius 2 is 2.16 bits per heavy atom. The van der Waals surface area contributed by atoms with Crippen LogP contribution in [0.4, 0.5) is 0 Å². The highest BCUT2D eigenvalue weighted by atomic mass is 79.9. The number of thiophene rings is 1. The summed E-state index contributed by atoms with van der Waals surface area (Å²) in [7, 11) is 0. The highest BCUT2D eigenvalue weighted by molar-refractivity contribution is 9.10. The first-order chi connectivity index (χ1) is 9.31. The maximum absolute atomic E-state index is 5.62. The highest BCUT2D eigenvalue weighted by Crippen LogP contribution is 2.28. The van der Waals surface area contributed by atoms with Crippen LogP contribution in [0.5, 0.6) is 0 Å². The molecule has 0 saturated carbocycles. The molecule has 3 nitrogen and oxygen atoms in total. The van der Waals surface area contributed by atoms with Gasteiger partial charge in [0.05, 0.1) is 4.88 Å². The van der Waals surface area contributed by atoms with E-state index in [-0.39, 0.29) is 0 Å². The third-order valence-corrected chi connectivity index (χ3v) is 4.63. The lowest BCUT2D eigenvalue weighted by Gasteiger charge is -1.98. The standard InChI is InChI=1S/C13H9BrN2OS2/c14-10-4-1-3-9(7-10)8-19-13-16-15-12(17-13)11-5-2-6-18-11/h1-7H,8H2. The monoisotopic (exact) mass is 352 g/mol. The molecule has 1 aromatic carbocycles. The molecule has 0 amide bonds. The van der Waals surface area contributed by atoms with Crippen molar-refractivity contribution in [2.45, 2.75) is 11.0 Å². The fraction of sp³-hybridized carbons (Fsp3) is 0.0769. The van der Waals surface area contributed by atoms with E-state index in [1.165, 1.54) is 5.56 Å². The zero-order chi connectivity index (χ0) is 13.1. The van der Waals surface area contributed by atoms with Crippen molar-refractivity contribution in [1.82, 2.24) is 10.2 Å². The summed E-state index contributed by atoms with van der Waals surface area (Å²) in [5.74, 6) is 1.40. The maximum Gasteiger partial charge on any atom is 0.277 e. The molecule has 0 fully saturated rings. The zero-order valence-electron chi connectivity index (χ0n) is 9.75. The van der Waals surface area contributed by atoms with Crippen molar-refractivity contribution in [3.05, 3.63) is 51.8 Å². The second-order valence-corrected chi connectivity index (χ2v) is 6.56. The van der Waals surface area contributed by atoms with Crippen LogP contribution < -0.4 is 0 Å². The second kappa shape index (κ2) is 5.90. The number of hydrogen-bond donors (Lipinski definition) is 0. The van der Waals surface area contributed by atoms with Gasteiger partial charge in [-0.1, -0.05) is 45.9 Å². The van der Waals surface area contributed by atoms with E-state index < -0.39 is 0 Å². The fourth-order valence-corrected chi connectivity index (χ4v) is 3.34. The molecule has 6 heteroatoms. The molecule has 0 bridgehead atoms. The van der Waals surface area contributed by atoms with Crippen LogP contribution in [-0.2, 0) is 5.75 Å². The van der Waals surface area contributed by atoms with Crippen LogP contribution in [-0.4, -0.2) is 10.2 Å². The minimum atomic E-state index is 0.590. The third kappa shape index (κ3) is 3.26. The summed E-state index contributed by atoms with van der Waals surface area (Å²) in [5, 5.41) is 10.7. The molecule has 96 valence electrons. The quantitative estimate of drug-likeness (QED) is 0.629. The van der Waals surface area contributed by atoms with Gasteiger partial charge in [-0.3, -0.25) is 0 Å². The summed E-state index contributed by atoms with van der Waals surface area (Å²) >= 11 is 6.60. The van der Waals surface area contributed by atoms with Crippen LogP contribution in [0.3, 0.4) is 0 Å². The molecule has 0 aliphatic rings. The van der Waals surface area contributed by atoms with Crippen LogP contribution in [0.15, 0.2) is 55.9 Å². The molecular formula is C13H9BrN2OS2. The molecule has 0 aliphatic carbocycles. The van der Waals surface area contributed by atoms with Crippen LogP contribution in [0.2, 0.25) is 0 Å². The first kappa shape index (κ1) is 12.9. The largest absolute Gasteiger partial charge is 0.410 e. The minimum absolute atomic E-state index is 0.590. The van der Waals surface area contributed by atoms with E-state index in [1.807, 2.05) is 29.6 Å². The number of benzene rings is 1. The van der Waals surface area contributed by atoms with Gasteiger partial charge in [-0.2, -0.15) is 0 Å². The molecule has 0 atom stereocenters. The Morgan fingerprint density at radius 1 is 1.21 bits per heavy atom. The predicted octanol–water partition coefficient (Wildman–Crippen LogP) is 4.85. The number of thioether (sulfide) groups is 1. The second-order valence-electron chi connectivity index (χ2n) is 3.77. The number of nitrogens with zero attached hydrogens (tertiary/aromatic N) is 2. The number of hydrogen-bond acceptors (Lipinski definition) is 5. The molecule has 2 heterocycles. The van der Waals surface area contributed by atoms with Crippen molar-refractivity contribution in [2.75, 3.05) is 0 Å². The molecule has 3 rings (SSSR count). The Hall–Kier alpha value is -1.11. The Bertz CT molecular complexity index is 667. The lowest BCUT2D eigenvalue weighted by Crippen LogP contribution is -1.80. The van der Waals surface area contributed by atoms with Gasteiger partial charge >= 0.3 is 0 Å². The van der Waals surface area contributed by atoms with E-state index in [2.05, 4.69) is 38.3 Å². The van der Waals surface area contributed by atoms with E-state index >= 15 is 0 Å². The van der Waals surface area contributed by atoms with Gasteiger partial charge in [0.1, 0.15) is 0 Å². The van der Waals surface area contributed by atoms with Crippen molar-refractivity contribution in [1.29, 1.82) is 0 Å². The maximum atomic E-state index is 5.62. The lowest BCUT2D eigenvalue weighted by molar-refractivity contribution is 0.466. The normalized spacial score (nSPS) is 10.8. The van der Waals surface area contributed by atoms with Crippen LogP contribution in [0.25, 0.3) is 10.8 Å². The molecule has 0 N–H and O–H groups in total. The highest BCUT2D eigenvalue weighted by Gasteiger charge is 2.09. The Balaban J connectivity index is 1.68. The van der Waals surface area contributed by atoms with Crippen LogP contribution in [0.1, 0.15) is 5.56 Å². The summed E-state index contributed by atoms with van der Waals surface area (Å²) < 4.78 is 6.70. The van der Waals surface area contributed by atoms with Gasteiger partial charge in [0.15, 0.2) is 0 Å². The molecule has 0 unspecified atom stereocenters. The Kier molecular flexibility index (Phi) is 4.00. The van der Waals surface area contributed by atoms with Gasteiger partial charge in [-0.25, -0.2) is 0 Å². The molecule has 0 saturated heterocycles. The number of rotatable bonds is 4. The number of halogens is 1. The van der Waals surface area contributed by atoms with Crippen LogP contribution >= 0.6 is 39.0 Å². The predicted molar refractivity (Wildman–Crippen MR) is 81.3 cm³/mol. The molecule has 2 aromatic heterocycles. The molecule has 0 radical (unpaired) electrons. The van der Waals surface area contributed by atoms with Gasteiger partial charge in [0.2, 0.25) is 0 Å². The molecule has 0 spiro atoms. The smallest absolute Gasteiger partial charge is 0.277 e. The Labute approximate surface area is 127 Å². The first-order valence-electron chi connectivity index (χ1n) is 5.56. The summed E-state index contributed by atoms with van der Waals surface area (Å²) in [6, 6.07) is 12.1. The van der Waals surface area contributed by atoms with E-state index in [0.717, 1.165) is 15.1 Å². The van der Waals surface area contributed by atoms with E-state index in [0.29, 0.717) is 11.1 Å². The Morgan fingerprint density at radius 3 is 2.95 bits per heavy atom. The summed E-state index contributed by atoms with van der Waals surface area (Å²) in [5.41, 5.74) is 1.22. The summed E-state index contributed by atoms with van der Waals surface area (Å²) in [6.07, 6.45) is 0. The van der Waals surface area contributed by atoms with Crippen molar-refractivity contribution >= 4 is 39.0 Å². The SMILES string of the molecule is Brc1cccc(CSc2nnc(-c3cccs3)o2)c1. The molecule has 0 aliphatic heterocycles. The van der Waals surface area contributed by atoms with Crippen molar-refractivity contribution in [3.63, 3.8) is 0 Å². The van der Waals surface area contributed by atoms with E-state index in [4.69, 9.17) is 4.42 Å². The minimum Gasteiger partial charge on any atom is -0.410 e.